The molecule has 0 aliphatic rings. The Bertz CT molecular complexity index is 362. The normalized spacial score (nSPS) is 11.3. The van der Waals surface area contributed by atoms with Crippen LogP contribution < -0.4 is 5.32 Å². The lowest BCUT2D eigenvalue weighted by atomic mass is 10.1. The highest BCUT2D eigenvalue weighted by atomic mass is 35.5. The zero-order valence-corrected chi connectivity index (χ0v) is 11.3. The molecule has 0 bridgehead atoms. The summed E-state index contributed by atoms with van der Waals surface area (Å²) in [6.45, 7) is 2.46. The molecule has 0 unspecified atom stereocenters. The molecule has 0 spiro atoms. The average Bonchev–Trinajstić information content (AvgIpc) is 2.35. The van der Waals surface area contributed by atoms with Crippen LogP contribution in [0.2, 0.25) is 5.02 Å². The summed E-state index contributed by atoms with van der Waals surface area (Å²) in [4.78, 5) is 0. The van der Waals surface area contributed by atoms with Crippen LogP contribution in [0.15, 0.2) is 30.4 Å². The molecule has 1 N–H and O–H groups in total. The van der Waals surface area contributed by atoms with Gasteiger partial charge in [0.15, 0.2) is 0 Å². The molecular weight excluding hydrogens is 253 g/mol. The molecular formula is C14H19ClFNO. The van der Waals surface area contributed by atoms with Crippen molar-refractivity contribution >= 4 is 11.6 Å². The summed E-state index contributed by atoms with van der Waals surface area (Å²) in [6, 6.07) is 4.76. The van der Waals surface area contributed by atoms with Crippen molar-refractivity contribution in [2.75, 3.05) is 26.8 Å². The first-order valence-electron chi connectivity index (χ1n) is 6.03. The van der Waals surface area contributed by atoms with Gasteiger partial charge in [0.2, 0.25) is 0 Å². The number of methoxy groups -OCH3 is 1. The monoisotopic (exact) mass is 271 g/mol. The first kappa shape index (κ1) is 15.2. The van der Waals surface area contributed by atoms with Gasteiger partial charge < -0.3 is 10.1 Å². The van der Waals surface area contributed by atoms with Crippen molar-refractivity contribution in [3.63, 3.8) is 0 Å². The summed E-state index contributed by atoms with van der Waals surface area (Å²) >= 11 is 5.93. The van der Waals surface area contributed by atoms with E-state index in [2.05, 4.69) is 5.32 Å². The standard InChI is InChI=1S/C14H19ClFNO/c1-18-11-10-17-9-4-2-3-6-12-13(15)7-5-8-14(12)16/h2-3,5,7-8,17H,4,6,9-11H2,1H3. The number of halogens is 2. The number of hydrogen-bond donors (Lipinski definition) is 1. The van der Waals surface area contributed by atoms with Gasteiger partial charge in [-0.3, -0.25) is 0 Å². The van der Waals surface area contributed by atoms with Gasteiger partial charge in [-0.25, -0.2) is 4.39 Å². The Morgan fingerprint density at radius 2 is 2.17 bits per heavy atom. The second-order valence-electron chi connectivity index (χ2n) is 3.91. The minimum Gasteiger partial charge on any atom is -0.383 e. The third-order valence-electron chi connectivity index (χ3n) is 2.52. The third-order valence-corrected chi connectivity index (χ3v) is 2.88. The van der Waals surface area contributed by atoms with Gasteiger partial charge >= 0.3 is 0 Å². The van der Waals surface area contributed by atoms with E-state index in [1.807, 2.05) is 12.2 Å². The van der Waals surface area contributed by atoms with Crippen molar-refractivity contribution in [1.29, 1.82) is 0 Å². The Labute approximate surface area is 113 Å². The summed E-state index contributed by atoms with van der Waals surface area (Å²) in [5.74, 6) is -0.245. The first-order valence-corrected chi connectivity index (χ1v) is 6.41. The van der Waals surface area contributed by atoms with Crippen LogP contribution in [0.1, 0.15) is 12.0 Å². The van der Waals surface area contributed by atoms with Crippen LogP contribution in [0, 0.1) is 5.82 Å². The maximum absolute atomic E-state index is 13.4. The molecule has 0 aliphatic carbocycles. The maximum Gasteiger partial charge on any atom is 0.128 e. The highest BCUT2D eigenvalue weighted by Crippen LogP contribution is 2.19. The molecule has 1 rings (SSSR count). The van der Waals surface area contributed by atoms with E-state index < -0.39 is 0 Å². The molecule has 0 aliphatic heterocycles. The lowest BCUT2D eigenvalue weighted by Gasteiger charge is -2.02. The molecule has 0 heterocycles. The summed E-state index contributed by atoms with van der Waals surface area (Å²) in [7, 11) is 1.68. The fraction of sp³-hybridized carbons (Fsp3) is 0.429. The third kappa shape index (κ3) is 5.63. The molecule has 0 atom stereocenters. The van der Waals surface area contributed by atoms with Crippen molar-refractivity contribution in [3.05, 3.63) is 46.8 Å². The van der Waals surface area contributed by atoms with Gasteiger partial charge in [-0.15, -0.1) is 0 Å². The molecule has 1 aromatic rings. The molecule has 2 nitrogen and oxygen atoms in total. The number of benzene rings is 1. The van der Waals surface area contributed by atoms with Gasteiger partial charge in [0.25, 0.3) is 0 Å². The number of ether oxygens (including phenoxy) is 1. The van der Waals surface area contributed by atoms with Crippen molar-refractivity contribution < 1.29 is 9.13 Å². The summed E-state index contributed by atoms with van der Waals surface area (Å²) in [5.41, 5.74) is 0.558. The predicted molar refractivity (Wildman–Crippen MR) is 73.6 cm³/mol. The van der Waals surface area contributed by atoms with Crippen molar-refractivity contribution in [3.8, 4) is 0 Å². The van der Waals surface area contributed by atoms with Crippen molar-refractivity contribution in [2.24, 2.45) is 0 Å². The molecule has 0 aromatic heterocycles. The van der Waals surface area contributed by atoms with Crippen LogP contribution in [0.5, 0.6) is 0 Å². The van der Waals surface area contributed by atoms with Gasteiger partial charge in [0.1, 0.15) is 5.82 Å². The van der Waals surface area contributed by atoms with E-state index in [1.165, 1.54) is 6.07 Å². The van der Waals surface area contributed by atoms with E-state index in [4.69, 9.17) is 16.3 Å². The van der Waals surface area contributed by atoms with Crippen LogP contribution in [-0.4, -0.2) is 26.8 Å². The minimum atomic E-state index is -0.245. The lowest BCUT2D eigenvalue weighted by Crippen LogP contribution is -2.19. The lowest BCUT2D eigenvalue weighted by molar-refractivity contribution is 0.199. The SMILES string of the molecule is COCCNCCC=CCc1c(F)cccc1Cl. The highest BCUT2D eigenvalue weighted by molar-refractivity contribution is 6.31. The highest BCUT2D eigenvalue weighted by Gasteiger charge is 2.03. The fourth-order valence-corrected chi connectivity index (χ4v) is 1.77. The van der Waals surface area contributed by atoms with E-state index in [-0.39, 0.29) is 5.82 Å². The van der Waals surface area contributed by atoms with Crippen LogP contribution in [0.25, 0.3) is 0 Å². The Kier molecular flexibility index (Phi) is 7.65. The predicted octanol–water partition coefficient (Wildman–Crippen LogP) is 3.20. The van der Waals surface area contributed by atoms with E-state index >= 15 is 0 Å². The summed E-state index contributed by atoms with van der Waals surface area (Å²) in [6.07, 6.45) is 5.42. The van der Waals surface area contributed by atoms with Crippen molar-refractivity contribution in [1.82, 2.24) is 5.32 Å². The smallest absolute Gasteiger partial charge is 0.128 e. The Balaban J connectivity index is 2.24. The quantitative estimate of drug-likeness (QED) is 0.579. The maximum atomic E-state index is 13.4. The van der Waals surface area contributed by atoms with Crippen LogP contribution in [0.4, 0.5) is 4.39 Å². The van der Waals surface area contributed by atoms with E-state index in [1.54, 1.807) is 19.2 Å². The van der Waals surface area contributed by atoms with E-state index in [0.29, 0.717) is 23.6 Å². The zero-order valence-electron chi connectivity index (χ0n) is 10.6. The zero-order chi connectivity index (χ0) is 13.2. The first-order chi connectivity index (χ1) is 8.75. The van der Waals surface area contributed by atoms with Gasteiger partial charge in [0.05, 0.1) is 6.61 Å². The molecule has 0 radical (unpaired) electrons. The van der Waals surface area contributed by atoms with E-state index in [0.717, 1.165) is 19.5 Å². The molecule has 4 heteroatoms. The Morgan fingerprint density at radius 3 is 2.89 bits per heavy atom. The summed E-state index contributed by atoms with van der Waals surface area (Å²) < 4.78 is 18.3. The molecule has 0 amide bonds. The number of hydrogen-bond acceptors (Lipinski definition) is 2. The number of nitrogens with one attached hydrogen (secondary N) is 1. The second-order valence-corrected chi connectivity index (χ2v) is 4.31. The van der Waals surface area contributed by atoms with Gasteiger partial charge in [-0.05, 0) is 31.5 Å². The molecule has 1 aromatic carbocycles. The van der Waals surface area contributed by atoms with Gasteiger partial charge in [0, 0.05) is 24.2 Å². The molecule has 100 valence electrons. The Hall–Kier alpha value is -0.900. The summed E-state index contributed by atoms with van der Waals surface area (Å²) in [5, 5.41) is 3.72. The Morgan fingerprint density at radius 1 is 1.33 bits per heavy atom. The fourth-order valence-electron chi connectivity index (χ4n) is 1.53. The van der Waals surface area contributed by atoms with Gasteiger partial charge in [-0.1, -0.05) is 29.8 Å². The average molecular weight is 272 g/mol. The van der Waals surface area contributed by atoms with Crippen molar-refractivity contribution in [2.45, 2.75) is 12.8 Å². The number of rotatable bonds is 8. The minimum absolute atomic E-state index is 0.245. The largest absolute Gasteiger partial charge is 0.383 e. The van der Waals surface area contributed by atoms with E-state index in [9.17, 15) is 4.39 Å². The van der Waals surface area contributed by atoms with Crippen LogP contribution in [0.3, 0.4) is 0 Å². The van der Waals surface area contributed by atoms with Gasteiger partial charge in [-0.2, -0.15) is 0 Å². The second kappa shape index (κ2) is 9.09. The number of allylic oxidation sites excluding steroid dienone is 1. The molecule has 0 saturated carbocycles. The molecule has 0 saturated heterocycles. The van der Waals surface area contributed by atoms with Crippen LogP contribution >= 0.6 is 11.6 Å². The molecule has 18 heavy (non-hydrogen) atoms. The molecule has 0 fully saturated rings. The topological polar surface area (TPSA) is 21.3 Å². The van der Waals surface area contributed by atoms with Crippen LogP contribution in [-0.2, 0) is 11.2 Å².